The maximum Gasteiger partial charge on any atom is 0.433 e. The van der Waals surface area contributed by atoms with Gasteiger partial charge in [-0.15, -0.1) is 0 Å². The number of thiophene rings is 1. The van der Waals surface area contributed by atoms with Gasteiger partial charge in [-0.2, -0.15) is 26.3 Å². The van der Waals surface area contributed by atoms with Crippen LogP contribution in [0.3, 0.4) is 0 Å². The van der Waals surface area contributed by atoms with E-state index in [4.69, 9.17) is 4.74 Å². The molecule has 2 aliphatic heterocycles. The van der Waals surface area contributed by atoms with Crippen molar-refractivity contribution in [1.82, 2.24) is 9.88 Å². The summed E-state index contributed by atoms with van der Waals surface area (Å²) in [5, 5.41) is 11.0. The van der Waals surface area contributed by atoms with Crippen LogP contribution in [-0.2, 0) is 17.1 Å². The van der Waals surface area contributed by atoms with E-state index in [2.05, 4.69) is 4.98 Å². The predicted molar refractivity (Wildman–Crippen MR) is 114 cm³/mol. The van der Waals surface area contributed by atoms with Crippen LogP contribution >= 0.6 is 11.3 Å². The summed E-state index contributed by atoms with van der Waals surface area (Å²) in [6.07, 6.45) is -9.50. The van der Waals surface area contributed by atoms with E-state index in [1.54, 1.807) is 0 Å². The summed E-state index contributed by atoms with van der Waals surface area (Å²) in [6, 6.07) is 6.37. The number of para-hydroxylation sites is 1. The number of halogens is 6. The van der Waals surface area contributed by atoms with Gasteiger partial charge < -0.3 is 4.74 Å². The molecule has 5 rings (SSSR count). The molecule has 0 spiro atoms. The smallest absolute Gasteiger partial charge is 0.348 e. The van der Waals surface area contributed by atoms with E-state index in [0.29, 0.717) is 23.9 Å². The molecule has 3 aromatic rings. The Morgan fingerprint density at radius 2 is 1.86 bits per heavy atom. The minimum Gasteiger partial charge on any atom is -0.348 e. The van der Waals surface area contributed by atoms with Gasteiger partial charge in [0.15, 0.2) is 0 Å². The van der Waals surface area contributed by atoms with Crippen LogP contribution in [0.5, 0.6) is 0 Å². The van der Waals surface area contributed by atoms with Crippen molar-refractivity contribution in [3.8, 4) is 0 Å². The number of pyridine rings is 1. The number of hydrogen-bond acceptors (Lipinski definition) is 6. The molecular weight excluding hydrogens is 500 g/mol. The molecule has 0 aliphatic carbocycles. The second-order valence-corrected chi connectivity index (χ2v) is 9.53. The number of alkyl halides is 6. The van der Waals surface area contributed by atoms with Gasteiger partial charge in [0.2, 0.25) is 0 Å². The molecule has 2 aliphatic rings. The highest BCUT2D eigenvalue weighted by Crippen LogP contribution is 2.50. The minimum atomic E-state index is -4.97. The van der Waals surface area contributed by atoms with Gasteiger partial charge >= 0.3 is 17.4 Å². The molecule has 0 saturated carbocycles. The van der Waals surface area contributed by atoms with Crippen molar-refractivity contribution in [3.05, 3.63) is 68.2 Å². The summed E-state index contributed by atoms with van der Waals surface area (Å²) in [7, 11) is 0. The van der Waals surface area contributed by atoms with Crippen LogP contribution < -0.4 is 0 Å². The number of ether oxygens (including phenoxy) is 1. The molecule has 0 N–H and O–H groups in total. The van der Waals surface area contributed by atoms with Crippen molar-refractivity contribution in [1.29, 1.82) is 0 Å². The number of nitro groups is 1. The van der Waals surface area contributed by atoms with Gasteiger partial charge in [-0.05, 0) is 36.6 Å². The van der Waals surface area contributed by atoms with Crippen LogP contribution in [0.4, 0.5) is 31.3 Å². The molecular formula is C22H17F6N3O3S. The number of nitrogens with zero attached hydrogens (tertiary/aromatic N) is 3. The standard InChI is InChI=1S/C22H17F6N3O3S/c23-21(24,25)13-5-3-4-11-12(10-16(22(26,27)28)29-18(11)13)19-14-6-1-2-9-30(14)20(34-19)15-7-8-17(35-15)31(32)33/h3-5,7-8,10,14,19-20H,1-2,6,9H2/t14-,19+,20-/m1/s1. The summed E-state index contributed by atoms with van der Waals surface area (Å²) >= 11 is 0.901. The van der Waals surface area contributed by atoms with E-state index >= 15 is 0 Å². The average molecular weight is 517 g/mol. The highest BCUT2D eigenvalue weighted by atomic mass is 32.1. The second-order valence-electron chi connectivity index (χ2n) is 8.44. The van der Waals surface area contributed by atoms with Crippen LogP contribution in [0.2, 0.25) is 0 Å². The molecule has 0 amide bonds. The molecule has 4 heterocycles. The molecule has 2 aromatic heterocycles. The molecule has 2 fully saturated rings. The molecule has 3 atom stereocenters. The fourth-order valence-corrected chi connectivity index (χ4v) is 5.75. The molecule has 2 saturated heterocycles. The summed E-state index contributed by atoms with van der Waals surface area (Å²) in [5.74, 6) is 0. The van der Waals surface area contributed by atoms with Gasteiger partial charge in [0.1, 0.15) is 18.0 Å². The topological polar surface area (TPSA) is 68.5 Å². The van der Waals surface area contributed by atoms with Crippen molar-refractivity contribution in [2.45, 2.75) is 50.0 Å². The monoisotopic (exact) mass is 517 g/mol. The number of piperidine rings is 1. The van der Waals surface area contributed by atoms with Crippen molar-refractivity contribution in [3.63, 3.8) is 0 Å². The lowest BCUT2D eigenvalue weighted by atomic mass is 9.91. The normalized spacial score (nSPS) is 23.5. The van der Waals surface area contributed by atoms with Crippen molar-refractivity contribution in [2.24, 2.45) is 0 Å². The summed E-state index contributed by atoms with van der Waals surface area (Å²) in [4.78, 5) is 16.4. The zero-order chi connectivity index (χ0) is 25.1. The van der Waals surface area contributed by atoms with Crippen molar-refractivity contribution < 1.29 is 36.0 Å². The predicted octanol–water partition coefficient (Wildman–Crippen LogP) is 6.87. The highest BCUT2D eigenvalue weighted by molar-refractivity contribution is 7.15. The van der Waals surface area contributed by atoms with E-state index in [1.807, 2.05) is 4.90 Å². The Morgan fingerprint density at radius 3 is 2.51 bits per heavy atom. The highest BCUT2D eigenvalue weighted by Gasteiger charge is 2.47. The van der Waals surface area contributed by atoms with Crippen LogP contribution in [0.25, 0.3) is 10.9 Å². The Morgan fingerprint density at radius 1 is 1.09 bits per heavy atom. The van der Waals surface area contributed by atoms with Gasteiger partial charge in [0.25, 0.3) is 0 Å². The first-order valence-corrected chi connectivity index (χ1v) is 11.5. The number of fused-ring (bicyclic) bond motifs is 2. The second kappa shape index (κ2) is 8.42. The van der Waals surface area contributed by atoms with Gasteiger partial charge in [-0.1, -0.05) is 29.9 Å². The third-order valence-corrected chi connectivity index (χ3v) is 7.40. The number of hydrogen-bond donors (Lipinski definition) is 0. The molecule has 35 heavy (non-hydrogen) atoms. The molecule has 0 bridgehead atoms. The average Bonchev–Trinajstić information content (AvgIpc) is 3.42. The first kappa shape index (κ1) is 23.9. The third kappa shape index (κ3) is 4.25. The number of rotatable bonds is 3. The summed E-state index contributed by atoms with van der Waals surface area (Å²) in [5.41, 5.74) is -3.51. The quantitative estimate of drug-likeness (QED) is 0.216. The zero-order valence-electron chi connectivity index (χ0n) is 17.8. The van der Waals surface area contributed by atoms with E-state index in [0.717, 1.165) is 36.3 Å². The van der Waals surface area contributed by atoms with Crippen molar-refractivity contribution in [2.75, 3.05) is 6.54 Å². The first-order valence-electron chi connectivity index (χ1n) is 10.7. The van der Waals surface area contributed by atoms with E-state index in [9.17, 15) is 36.5 Å². The van der Waals surface area contributed by atoms with Gasteiger partial charge in [-0.25, -0.2) is 4.98 Å². The van der Waals surface area contributed by atoms with Gasteiger partial charge in [0.05, 0.1) is 20.9 Å². The Balaban J connectivity index is 1.67. The fourth-order valence-electron chi connectivity index (χ4n) is 4.87. The summed E-state index contributed by atoms with van der Waals surface area (Å²) in [6.45, 7) is 0.542. The van der Waals surface area contributed by atoms with E-state index < -0.39 is 52.4 Å². The van der Waals surface area contributed by atoms with E-state index in [1.165, 1.54) is 18.2 Å². The van der Waals surface area contributed by atoms with Crippen LogP contribution in [0.1, 0.15) is 53.3 Å². The molecule has 186 valence electrons. The fraction of sp³-hybridized carbons (Fsp3) is 0.409. The van der Waals surface area contributed by atoms with Crippen LogP contribution in [0, 0.1) is 10.1 Å². The maximum atomic E-state index is 13.7. The van der Waals surface area contributed by atoms with Gasteiger partial charge in [0, 0.05) is 24.0 Å². The van der Waals surface area contributed by atoms with E-state index in [-0.39, 0.29) is 16.0 Å². The summed E-state index contributed by atoms with van der Waals surface area (Å²) < 4.78 is 88.3. The molecule has 6 nitrogen and oxygen atoms in total. The number of benzene rings is 1. The number of aromatic nitrogens is 1. The maximum absolute atomic E-state index is 13.7. The molecule has 1 aromatic carbocycles. The minimum absolute atomic E-state index is 0.0288. The van der Waals surface area contributed by atoms with Gasteiger partial charge in [-0.3, -0.25) is 15.0 Å². The van der Waals surface area contributed by atoms with Crippen molar-refractivity contribution >= 4 is 27.2 Å². The largest absolute Gasteiger partial charge is 0.433 e. The molecule has 0 radical (unpaired) electrons. The lowest BCUT2D eigenvalue weighted by Crippen LogP contribution is -2.37. The SMILES string of the molecule is O=[N+]([O-])c1ccc([C@H]2O[C@@H](c3cc(C(F)(F)F)nc4c(C(F)(F)F)cccc34)[C@H]3CCCCN23)s1. The Bertz CT molecular complexity index is 1290. The van der Waals surface area contributed by atoms with Crippen LogP contribution in [-0.4, -0.2) is 27.4 Å². The zero-order valence-corrected chi connectivity index (χ0v) is 18.6. The molecule has 0 unspecified atom stereocenters. The lowest BCUT2D eigenvalue weighted by molar-refractivity contribution is -0.380. The Kier molecular flexibility index (Phi) is 5.76. The Hall–Kier alpha value is -2.77. The molecule has 13 heteroatoms. The third-order valence-electron chi connectivity index (χ3n) is 6.33. The first-order chi connectivity index (χ1) is 16.4. The lowest BCUT2D eigenvalue weighted by Gasteiger charge is -2.32. The van der Waals surface area contributed by atoms with Crippen LogP contribution in [0.15, 0.2) is 36.4 Å². The Labute approximate surface area is 198 Å².